The first-order valence-corrected chi connectivity index (χ1v) is 12.3. The SMILES string of the molecule is CCCNc1cc(N2CCCC(CCC(=O)N3CCN(C(=O)OC(C)(C)C)CC3)C2)ncn1. The molecule has 0 radical (unpaired) electrons. The zero-order valence-corrected chi connectivity index (χ0v) is 20.7. The lowest BCUT2D eigenvalue weighted by Gasteiger charge is -2.36. The summed E-state index contributed by atoms with van der Waals surface area (Å²) in [6.07, 6.45) is 6.06. The van der Waals surface area contributed by atoms with Gasteiger partial charge in [-0.25, -0.2) is 14.8 Å². The molecule has 0 aromatic carbocycles. The smallest absolute Gasteiger partial charge is 0.410 e. The molecular weight excluding hydrogens is 420 g/mol. The number of carbonyl (C=O) groups excluding carboxylic acids is 2. The van der Waals surface area contributed by atoms with Crippen molar-refractivity contribution in [3.05, 3.63) is 12.4 Å². The van der Waals surface area contributed by atoms with E-state index in [1.165, 1.54) is 0 Å². The Bertz CT molecular complexity index is 789. The Morgan fingerprint density at radius 3 is 2.55 bits per heavy atom. The topological polar surface area (TPSA) is 90.9 Å². The van der Waals surface area contributed by atoms with Gasteiger partial charge in [0.1, 0.15) is 23.6 Å². The number of carbonyl (C=O) groups is 2. The second-order valence-electron chi connectivity index (χ2n) is 10.0. The van der Waals surface area contributed by atoms with Gasteiger partial charge >= 0.3 is 6.09 Å². The van der Waals surface area contributed by atoms with Crippen LogP contribution in [0.1, 0.15) is 59.8 Å². The summed E-state index contributed by atoms with van der Waals surface area (Å²) in [6.45, 7) is 12.7. The van der Waals surface area contributed by atoms with Gasteiger partial charge in [-0.2, -0.15) is 0 Å². The van der Waals surface area contributed by atoms with Crippen molar-refractivity contribution in [2.75, 3.05) is 56.0 Å². The van der Waals surface area contributed by atoms with Crippen molar-refractivity contribution in [3.8, 4) is 0 Å². The molecule has 1 atom stereocenters. The number of anilines is 2. The van der Waals surface area contributed by atoms with Crippen LogP contribution in [0.15, 0.2) is 12.4 Å². The number of hydrogen-bond acceptors (Lipinski definition) is 7. The van der Waals surface area contributed by atoms with Crippen molar-refractivity contribution in [2.24, 2.45) is 5.92 Å². The van der Waals surface area contributed by atoms with Gasteiger partial charge in [-0.1, -0.05) is 6.92 Å². The molecule has 0 spiro atoms. The van der Waals surface area contributed by atoms with Gasteiger partial charge in [0.2, 0.25) is 5.91 Å². The molecule has 2 aliphatic rings. The Kier molecular flexibility index (Phi) is 8.74. The molecule has 3 rings (SSSR count). The number of hydrogen-bond donors (Lipinski definition) is 1. The third kappa shape index (κ3) is 7.75. The molecule has 2 fully saturated rings. The highest BCUT2D eigenvalue weighted by Crippen LogP contribution is 2.26. The number of piperidine rings is 1. The van der Waals surface area contributed by atoms with E-state index < -0.39 is 5.60 Å². The molecule has 33 heavy (non-hydrogen) atoms. The third-order valence-electron chi connectivity index (χ3n) is 6.10. The van der Waals surface area contributed by atoms with Gasteiger partial charge in [0.15, 0.2) is 0 Å². The number of amides is 2. The van der Waals surface area contributed by atoms with E-state index in [0.717, 1.165) is 57.0 Å². The van der Waals surface area contributed by atoms with E-state index in [1.54, 1.807) is 11.2 Å². The van der Waals surface area contributed by atoms with Crippen molar-refractivity contribution < 1.29 is 14.3 Å². The maximum absolute atomic E-state index is 12.8. The van der Waals surface area contributed by atoms with Crippen LogP contribution < -0.4 is 10.2 Å². The van der Waals surface area contributed by atoms with Crippen LogP contribution in [-0.4, -0.2) is 83.2 Å². The van der Waals surface area contributed by atoms with Gasteiger partial charge in [-0.05, 0) is 52.4 Å². The molecule has 0 bridgehead atoms. The van der Waals surface area contributed by atoms with Crippen LogP contribution in [0.4, 0.5) is 16.4 Å². The van der Waals surface area contributed by atoms with Gasteiger partial charge in [0.25, 0.3) is 0 Å². The summed E-state index contributed by atoms with van der Waals surface area (Å²) < 4.78 is 5.44. The van der Waals surface area contributed by atoms with Crippen LogP contribution in [0.25, 0.3) is 0 Å². The van der Waals surface area contributed by atoms with Crippen LogP contribution in [0.3, 0.4) is 0 Å². The molecule has 9 nitrogen and oxygen atoms in total. The van der Waals surface area contributed by atoms with E-state index in [-0.39, 0.29) is 12.0 Å². The molecule has 9 heteroatoms. The van der Waals surface area contributed by atoms with E-state index in [2.05, 4.69) is 27.1 Å². The van der Waals surface area contributed by atoms with E-state index in [4.69, 9.17) is 4.74 Å². The lowest BCUT2D eigenvalue weighted by atomic mass is 9.93. The lowest BCUT2D eigenvalue weighted by molar-refractivity contribution is -0.133. The number of piperazine rings is 1. The largest absolute Gasteiger partial charge is 0.444 e. The monoisotopic (exact) mass is 460 g/mol. The lowest BCUT2D eigenvalue weighted by Crippen LogP contribution is -2.51. The fraction of sp³-hybridized carbons (Fsp3) is 0.750. The Morgan fingerprint density at radius 1 is 1.12 bits per heavy atom. The molecule has 1 aromatic rings. The van der Waals surface area contributed by atoms with Crippen molar-refractivity contribution in [3.63, 3.8) is 0 Å². The first kappa shape index (κ1) is 25.1. The number of rotatable bonds is 7. The molecule has 2 saturated heterocycles. The number of nitrogens with one attached hydrogen (secondary N) is 1. The van der Waals surface area contributed by atoms with Gasteiger partial charge < -0.3 is 24.8 Å². The molecule has 184 valence electrons. The van der Waals surface area contributed by atoms with Crippen LogP contribution in [-0.2, 0) is 9.53 Å². The first-order chi connectivity index (χ1) is 15.7. The Labute approximate surface area is 197 Å². The van der Waals surface area contributed by atoms with Crippen molar-refractivity contribution >= 4 is 23.6 Å². The second kappa shape index (κ2) is 11.5. The predicted molar refractivity (Wildman–Crippen MR) is 129 cm³/mol. The van der Waals surface area contributed by atoms with E-state index in [9.17, 15) is 9.59 Å². The zero-order valence-electron chi connectivity index (χ0n) is 20.7. The van der Waals surface area contributed by atoms with Crippen LogP contribution in [0.2, 0.25) is 0 Å². The Hall–Kier alpha value is -2.58. The molecule has 0 aliphatic carbocycles. The molecular formula is C24H40N6O3. The van der Waals surface area contributed by atoms with Crippen LogP contribution in [0.5, 0.6) is 0 Å². The summed E-state index contributed by atoms with van der Waals surface area (Å²) in [6, 6.07) is 2.02. The third-order valence-corrected chi connectivity index (χ3v) is 6.10. The predicted octanol–water partition coefficient (Wildman–Crippen LogP) is 3.37. The zero-order chi connectivity index (χ0) is 23.8. The van der Waals surface area contributed by atoms with E-state index >= 15 is 0 Å². The highest BCUT2D eigenvalue weighted by molar-refractivity contribution is 5.76. The molecule has 1 aromatic heterocycles. The van der Waals surface area contributed by atoms with Gasteiger partial charge in [0.05, 0.1) is 0 Å². The molecule has 3 heterocycles. The average Bonchev–Trinajstić information content (AvgIpc) is 2.80. The normalized spacial score (nSPS) is 19.4. The van der Waals surface area contributed by atoms with Gasteiger partial charge in [-0.15, -0.1) is 0 Å². The minimum atomic E-state index is -0.503. The first-order valence-electron chi connectivity index (χ1n) is 12.3. The van der Waals surface area contributed by atoms with Gasteiger partial charge in [-0.3, -0.25) is 4.79 Å². The molecule has 1 N–H and O–H groups in total. The summed E-state index contributed by atoms with van der Waals surface area (Å²) in [4.78, 5) is 39.7. The summed E-state index contributed by atoms with van der Waals surface area (Å²) in [5.74, 6) is 2.49. The minimum absolute atomic E-state index is 0.184. The van der Waals surface area contributed by atoms with Crippen LogP contribution in [0, 0.1) is 5.92 Å². The van der Waals surface area contributed by atoms with E-state index in [1.807, 2.05) is 31.7 Å². The fourth-order valence-corrected chi connectivity index (χ4v) is 4.33. The van der Waals surface area contributed by atoms with Gasteiger partial charge in [0, 0.05) is 58.3 Å². The maximum Gasteiger partial charge on any atom is 0.410 e. The number of ether oxygens (including phenoxy) is 1. The molecule has 2 aliphatic heterocycles. The number of aromatic nitrogens is 2. The fourth-order valence-electron chi connectivity index (χ4n) is 4.33. The summed E-state index contributed by atoms with van der Waals surface area (Å²) in [5.41, 5.74) is -0.503. The van der Waals surface area contributed by atoms with Crippen molar-refractivity contribution in [1.82, 2.24) is 19.8 Å². The maximum atomic E-state index is 12.8. The Balaban J connectivity index is 1.43. The number of nitrogens with zero attached hydrogens (tertiary/aromatic N) is 5. The average molecular weight is 461 g/mol. The standard InChI is InChI=1S/C24H40N6O3/c1-5-10-25-20-16-21(27-18-26-20)30-11-6-7-19(17-30)8-9-22(31)28-12-14-29(15-13-28)23(32)33-24(2,3)4/h16,18-19H,5-15,17H2,1-4H3,(H,25,26,27). The highest BCUT2D eigenvalue weighted by Gasteiger charge is 2.28. The van der Waals surface area contributed by atoms with Crippen molar-refractivity contribution in [1.29, 1.82) is 0 Å². The second-order valence-corrected chi connectivity index (χ2v) is 10.0. The summed E-state index contributed by atoms with van der Waals surface area (Å²) in [7, 11) is 0. The minimum Gasteiger partial charge on any atom is -0.444 e. The highest BCUT2D eigenvalue weighted by atomic mass is 16.6. The van der Waals surface area contributed by atoms with E-state index in [0.29, 0.717) is 38.5 Å². The summed E-state index contributed by atoms with van der Waals surface area (Å²) >= 11 is 0. The molecule has 2 amide bonds. The quantitative estimate of drug-likeness (QED) is 0.667. The molecule has 0 saturated carbocycles. The Morgan fingerprint density at radius 2 is 1.85 bits per heavy atom. The molecule has 1 unspecified atom stereocenters. The van der Waals surface area contributed by atoms with Crippen LogP contribution >= 0.6 is 0 Å². The van der Waals surface area contributed by atoms with Crippen molar-refractivity contribution in [2.45, 2.75) is 65.4 Å². The summed E-state index contributed by atoms with van der Waals surface area (Å²) in [5, 5.41) is 3.32.